The Morgan fingerprint density at radius 1 is 1.08 bits per heavy atom. The van der Waals surface area contributed by atoms with Crippen molar-refractivity contribution < 1.29 is 4.39 Å². The molecule has 0 saturated heterocycles. The smallest absolute Gasteiger partial charge is 0.126 e. The summed E-state index contributed by atoms with van der Waals surface area (Å²) >= 11 is 0. The van der Waals surface area contributed by atoms with Gasteiger partial charge in [-0.15, -0.1) is 0 Å². The van der Waals surface area contributed by atoms with Crippen molar-refractivity contribution in [3.63, 3.8) is 0 Å². The number of nitriles is 1. The van der Waals surface area contributed by atoms with E-state index in [0.29, 0.717) is 11.3 Å². The average molecular weight is 314 g/mol. The first-order valence-electron chi connectivity index (χ1n) is 7.35. The Morgan fingerprint density at radius 2 is 1.96 bits per heavy atom. The summed E-state index contributed by atoms with van der Waals surface area (Å²) in [6.45, 7) is 0. The van der Waals surface area contributed by atoms with Crippen LogP contribution >= 0.6 is 0 Å². The van der Waals surface area contributed by atoms with Crippen molar-refractivity contribution in [2.24, 2.45) is 0 Å². The number of rotatable bonds is 2. The number of aromatic nitrogens is 3. The summed E-state index contributed by atoms with van der Waals surface area (Å²) in [5.41, 5.74) is 2.91. The van der Waals surface area contributed by atoms with Crippen LogP contribution < -0.4 is 0 Å². The molecule has 4 aromatic rings. The molecule has 0 saturated carbocycles. The number of hydrogen-bond donors (Lipinski definition) is 0. The molecule has 0 N–H and O–H groups in total. The fourth-order valence-electron chi connectivity index (χ4n) is 2.76. The highest BCUT2D eigenvalue weighted by atomic mass is 19.1. The van der Waals surface area contributed by atoms with Gasteiger partial charge in [-0.2, -0.15) is 10.4 Å². The molecular formula is C19H11FN4. The maximum atomic E-state index is 14.0. The van der Waals surface area contributed by atoms with Crippen molar-refractivity contribution in [2.45, 2.75) is 0 Å². The van der Waals surface area contributed by atoms with Crippen molar-refractivity contribution in [3.05, 3.63) is 78.5 Å². The van der Waals surface area contributed by atoms with E-state index in [1.165, 1.54) is 12.1 Å². The van der Waals surface area contributed by atoms with Crippen LogP contribution in [0.25, 0.3) is 27.7 Å². The van der Waals surface area contributed by atoms with Crippen LogP contribution in [-0.2, 0) is 0 Å². The van der Waals surface area contributed by atoms with Crippen molar-refractivity contribution in [1.29, 1.82) is 5.26 Å². The van der Waals surface area contributed by atoms with Gasteiger partial charge in [0.2, 0.25) is 0 Å². The van der Waals surface area contributed by atoms with Gasteiger partial charge >= 0.3 is 0 Å². The molecule has 0 spiro atoms. The second-order valence-corrected chi connectivity index (χ2v) is 5.33. The molecule has 2 aromatic heterocycles. The lowest BCUT2D eigenvalue weighted by molar-refractivity contribution is 0.625. The molecule has 2 aromatic carbocycles. The molecule has 4 nitrogen and oxygen atoms in total. The number of benzene rings is 2. The maximum Gasteiger partial charge on any atom is 0.126 e. The van der Waals surface area contributed by atoms with E-state index in [-0.39, 0.29) is 5.56 Å². The van der Waals surface area contributed by atoms with E-state index in [4.69, 9.17) is 0 Å². The number of nitrogens with zero attached hydrogens (tertiary/aromatic N) is 4. The SMILES string of the molecule is N#Cc1cc(F)cc(-n2cc3ccccc3n2)c1-c1cccnc1. The highest BCUT2D eigenvalue weighted by molar-refractivity contribution is 5.82. The third kappa shape index (κ3) is 2.31. The summed E-state index contributed by atoms with van der Waals surface area (Å²) < 4.78 is 15.7. The molecule has 0 aliphatic heterocycles. The second kappa shape index (κ2) is 5.60. The Hall–Kier alpha value is -3.52. The number of hydrogen-bond acceptors (Lipinski definition) is 3. The van der Waals surface area contributed by atoms with Crippen LogP contribution in [-0.4, -0.2) is 14.8 Å². The fourth-order valence-corrected chi connectivity index (χ4v) is 2.76. The number of fused-ring (bicyclic) bond motifs is 1. The molecular weight excluding hydrogens is 303 g/mol. The summed E-state index contributed by atoms with van der Waals surface area (Å²) in [5.74, 6) is -0.478. The summed E-state index contributed by atoms with van der Waals surface area (Å²) in [4.78, 5) is 4.10. The van der Waals surface area contributed by atoms with Crippen molar-refractivity contribution in [2.75, 3.05) is 0 Å². The van der Waals surface area contributed by atoms with E-state index in [1.54, 1.807) is 23.1 Å². The van der Waals surface area contributed by atoms with Crippen LogP contribution in [0.3, 0.4) is 0 Å². The minimum atomic E-state index is -0.478. The molecule has 0 fully saturated rings. The molecule has 4 rings (SSSR count). The summed E-state index contributed by atoms with van der Waals surface area (Å²) in [6.07, 6.45) is 5.13. The quantitative estimate of drug-likeness (QED) is 0.560. The first-order valence-corrected chi connectivity index (χ1v) is 7.35. The Kier molecular flexibility index (Phi) is 3.29. The van der Waals surface area contributed by atoms with Gasteiger partial charge in [0.15, 0.2) is 0 Å². The van der Waals surface area contributed by atoms with E-state index < -0.39 is 5.82 Å². The maximum absolute atomic E-state index is 14.0. The largest absolute Gasteiger partial charge is 0.264 e. The zero-order valence-electron chi connectivity index (χ0n) is 12.5. The summed E-state index contributed by atoms with van der Waals surface area (Å²) in [7, 11) is 0. The van der Waals surface area contributed by atoms with Crippen LogP contribution in [0.4, 0.5) is 4.39 Å². The van der Waals surface area contributed by atoms with E-state index >= 15 is 0 Å². The fraction of sp³-hybridized carbons (Fsp3) is 0. The van der Waals surface area contributed by atoms with Crippen molar-refractivity contribution in [3.8, 4) is 22.9 Å². The number of pyridine rings is 1. The van der Waals surface area contributed by atoms with Crippen LogP contribution in [0.15, 0.2) is 67.1 Å². The van der Waals surface area contributed by atoms with E-state index in [2.05, 4.69) is 16.2 Å². The molecule has 0 aliphatic carbocycles. The minimum Gasteiger partial charge on any atom is -0.264 e. The van der Waals surface area contributed by atoms with Gasteiger partial charge in [0, 0.05) is 41.2 Å². The van der Waals surface area contributed by atoms with E-state index in [0.717, 1.165) is 16.5 Å². The first kappa shape index (κ1) is 14.1. The molecule has 0 amide bonds. The topological polar surface area (TPSA) is 54.5 Å². The van der Waals surface area contributed by atoms with Crippen LogP contribution in [0.2, 0.25) is 0 Å². The van der Waals surface area contributed by atoms with Gasteiger partial charge in [-0.1, -0.05) is 24.3 Å². The van der Waals surface area contributed by atoms with E-state index in [1.807, 2.05) is 36.5 Å². The Bertz CT molecular complexity index is 1040. The zero-order valence-corrected chi connectivity index (χ0v) is 12.5. The van der Waals surface area contributed by atoms with Gasteiger partial charge in [-0.3, -0.25) is 4.98 Å². The first-order chi connectivity index (χ1) is 11.8. The second-order valence-electron chi connectivity index (χ2n) is 5.33. The molecule has 0 atom stereocenters. The summed E-state index contributed by atoms with van der Waals surface area (Å²) in [5, 5.41) is 14.9. The molecule has 2 heterocycles. The average Bonchev–Trinajstić information content (AvgIpc) is 3.05. The Morgan fingerprint density at radius 3 is 2.71 bits per heavy atom. The van der Waals surface area contributed by atoms with Crippen LogP contribution in [0.5, 0.6) is 0 Å². The predicted octanol–water partition coefficient (Wildman–Crippen LogP) is 4.10. The van der Waals surface area contributed by atoms with Gasteiger partial charge < -0.3 is 0 Å². The lowest BCUT2D eigenvalue weighted by Gasteiger charge is -2.12. The van der Waals surface area contributed by atoms with E-state index in [9.17, 15) is 9.65 Å². The monoisotopic (exact) mass is 314 g/mol. The predicted molar refractivity (Wildman–Crippen MR) is 89.0 cm³/mol. The highest BCUT2D eigenvalue weighted by Crippen LogP contribution is 2.31. The number of halogens is 1. The van der Waals surface area contributed by atoms with Crippen LogP contribution in [0.1, 0.15) is 5.56 Å². The minimum absolute atomic E-state index is 0.248. The van der Waals surface area contributed by atoms with Crippen LogP contribution in [0, 0.1) is 17.1 Å². The lowest BCUT2D eigenvalue weighted by Crippen LogP contribution is -2.01. The molecule has 0 bridgehead atoms. The highest BCUT2D eigenvalue weighted by Gasteiger charge is 2.16. The Labute approximate surface area is 137 Å². The zero-order chi connectivity index (χ0) is 16.5. The Balaban J connectivity index is 2.04. The molecule has 5 heteroatoms. The van der Waals surface area contributed by atoms with Gasteiger partial charge in [-0.25, -0.2) is 9.07 Å². The van der Waals surface area contributed by atoms with Gasteiger partial charge in [-0.05, 0) is 18.2 Å². The lowest BCUT2D eigenvalue weighted by atomic mass is 9.99. The summed E-state index contributed by atoms with van der Waals surface area (Å²) in [6, 6.07) is 15.9. The normalized spacial score (nSPS) is 10.7. The molecule has 114 valence electrons. The van der Waals surface area contributed by atoms with Gasteiger partial charge in [0.25, 0.3) is 0 Å². The third-order valence-corrected chi connectivity index (χ3v) is 3.81. The molecule has 0 radical (unpaired) electrons. The standard InChI is InChI=1S/C19H11FN4/c20-16-8-15(10-21)19(13-5-3-7-22-11-13)18(9-16)24-12-14-4-1-2-6-17(14)23-24/h1-9,11-12H. The van der Waals surface area contributed by atoms with Crippen molar-refractivity contribution in [1.82, 2.24) is 14.8 Å². The molecule has 24 heavy (non-hydrogen) atoms. The molecule has 0 unspecified atom stereocenters. The van der Waals surface area contributed by atoms with Gasteiger partial charge in [0.05, 0.1) is 22.8 Å². The third-order valence-electron chi connectivity index (χ3n) is 3.81. The van der Waals surface area contributed by atoms with Crippen molar-refractivity contribution >= 4 is 10.9 Å². The van der Waals surface area contributed by atoms with Gasteiger partial charge in [0.1, 0.15) is 5.82 Å². The molecule has 0 aliphatic rings.